The molecule has 23 heavy (non-hydrogen) atoms. The van der Waals surface area contributed by atoms with E-state index in [0.29, 0.717) is 24.6 Å². The maximum absolute atomic E-state index is 5.88. The largest absolute Gasteiger partial charge is 0.488 e. The number of hydrogen-bond donors (Lipinski definition) is 3. The van der Waals surface area contributed by atoms with Crippen LogP contribution in [-0.4, -0.2) is 21.6 Å². The predicted octanol–water partition coefficient (Wildman–Crippen LogP) is 2.70. The summed E-state index contributed by atoms with van der Waals surface area (Å²) in [4.78, 5) is 11.5. The molecule has 3 rings (SSSR count). The van der Waals surface area contributed by atoms with Crippen LogP contribution in [0, 0.1) is 0 Å². The zero-order valence-corrected chi connectivity index (χ0v) is 13.2. The SMILES string of the molecule is CCc1nc(N)nc(N)c1OCCCc1cc2ccccc2[nH]1. The molecule has 0 radical (unpaired) electrons. The summed E-state index contributed by atoms with van der Waals surface area (Å²) in [7, 11) is 0. The number of para-hydroxylation sites is 1. The summed E-state index contributed by atoms with van der Waals surface area (Å²) in [5.74, 6) is 1.04. The number of ether oxygens (including phenoxy) is 1. The summed E-state index contributed by atoms with van der Waals surface area (Å²) in [6.07, 6.45) is 2.49. The van der Waals surface area contributed by atoms with Crippen LogP contribution in [0.3, 0.4) is 0 Å². The molecule has 2 aromatic heterocycles. The molecular formula is C17H21N5O. The van der Waals surface area contributed by atoms with E-state index in [9.17, 15) is 0 Å². The van der Waals surface area contributed by atoms with Gasteiger partial charge in [0.1, 0.15) is 0 Å². The van der Waals surface area contributed by atoms with Crippen molar-refractivity contribution in [3.8, 4) is 5.75 Å². The van der Waals surface area contributed by atoms with Crippen LogP contribution in [0.2, 0.25) is 0 Å². The van der Waals surface area contributed by atoms with Gasteiger partial charge in [0.05, 0.1) is 12.3 Å². The summed E-state index contributed by atoms with van der Waals surface area (Å²) in [6.45, 7) is 2.54. The number of nitrogens with two attached hydrogens (primary N) is 2. The highest BCUT2D eigenvalue weighted by Crippen LogP contribution is 2.25. The van der Waals surface area contributed by atoms with Gasteiger partial charge in [0.2, 0.25) is 5.95 Å². The molecule has 0 saturated carbocycles. The van der Waals surface area contributed by atoms with Crippen LogP contribution in [0.1, 0.15) is 24.7 Å². The first kappa shape index (κ1) is 15.1. The van der Waals surface area contributed by atoms with Crippen LogP contribution in [0.25, 0.3) is 10.9 Å². The van der Waals surface area contributed by atoms with Gasteiger partial charge in [-0.05, 0) is 36.8 Å². The van der Waals surface area contributed by atoms with E-state index < -0.39 is 0 Å². The Morgan fingerprint density at radius 3 is 2.78 bits per heavy atom. The lowest BCUT2D eigenvalue weighted by Gasteiger charge is -2.11. The molecule has 3 aromatic rings. The number of anilines is 2. The summed E-state index contributed by atoms with van der Waals surface area (Å²) in [5, 5.41) is 1.23. The first-order valence-corrected chi connectivity index (χ1v) is 7.78. The molecule has 0 saturated heterocycles. The zero-order chi connectivity index (χ0) is 16.2. The number of aromatic nitrogens is 3. The van der Waals surface area contributed by atoms with E-state index in [1.54, 1.807) is 0 Å². The molecule has 0 bridgehead atoms. The maximum atomic E-state index is 5.88. The number of nitrogen functional groups attached to an aromatic ring is 2. The Hall–Kier alpha value is -2.76. The Morgan fingerprint density at radius 2 is 2.00 bits per heavy atom. The lowest BCUT2D eigenvalue weighted by Crippen LogP contribution is -2.09. The molecule has 6 heteroatoms. The van der Waals surface area contributed by atoms with E-state index in [1.807, 2.05) is 19.1 Å². The molecule has 0 atom stereocenters. The second-order valence-corrected chi connectivity index (χ2v) is 5.43. The van der Waals surface area contributed by atoms with Crippen molar-refractivity contribution >= 4 is 22.7 Å². The van der Waals surface area contributed by atoms with Gasteiger partial charge < -0.3 is 21.2 Å². The van der Waals surface area contributed by atoms with Gasteiger partial charge in [-0.2, -0.15) is 4.98 Å². The fraction of sp³-hybridized carbons (Fsp3) is 0.294. The number of nitrogens with one attached hydrogen (secondary N) is 1. The molecule has 0 amide bonds. The van der Waals surface area contributed by atoms with Crippen LogP contribution in [-0.2, 0) is 12.8 Å². The molecule has 5 N–H and O–H groups in total. The third kappa shape index (κ3) is 3.36. The van der Waals surface area contributed by atoms with Crippen LogP contribution in [0.5, 0.6) is 5.75 Å². The van der Waals surface area contributed by atoms with Gasteiger partial charge in [-0.25, -0.2) is 4.98 Å². The van der Waals surface area contributed by atoms with Crippen molar-refractivity contribution in [3.05, 3.63) is 41.7 Å². The standard InChI is InChI=1S/C17H21N5O/c1-2-13-15(16(18)22-17(19)21-13)23-9-5-7-12-10-11-6-3-4-8-14(11)20-12/h3-4,6,8,10,20H,2,5,7,9H2,1H3,(H4,18,19,21,22). The number of nitrogens with zero attached hydrogens (tertiary/aromatic N) is 2. The van der Waals surface area contributed by atoms with Crippen molar-refractivity contribution in [1.82, 2.24) is 15.0 Å². The average Bonchev–Trinajstić information content (AvgIpc) is 2.95. The van der Waals surface area contributed by atoms with Gasteiger partial charge in [-0.1, -0.05) is 25.1 Å². The first-order valence-electron chi connectivity index (χ1n) is 7.78. The normalized spacial score (nSPS) is 11.0. The highest BCUT2D eigenvalue weighted by molar-refractivity contribution is 5.80. The maximum Gasteiger partial charge on any atom is 0.222 e. The van der Waals surface area contributed by atoms with Crippen LogP contribution in [0.4, 0.5) is 11.8 Å². The van der Waals surface area contributed by atoms with Gasteiger partial charge in [0, 0.05) is 11.2 Å². The highest BCUT2D eigenvalue weighted by atomic mass is 16.5. The number of rotatable bonds is 6. The van der Waals surface area contributed by atoms with Gasteiger partial charge >= 0.3 is 0 Å². The predicted molar refractivity (Wildman–Crippen MR) is 92.3 cm³/mol. The van der Waals surface area contributed by atoms with Crippen LogP contribution in [0.15, 0.2) is 30.3 Å². The number of aryl methyl sites for hydroxylation is 2. The summed E-state index contributed by atoms with van der Waals surface area (Å²) < 4.78 is 5.79. The highest BCUT2D eigenvalue weighted by Gasteiger charge is 2.11. The van der Waals surface area contributed by atoms with Crippen molar-refractivity contribution in [1.29, 1.82) is 0 Å². The van der Waals surface area contributed by atoms with Crippen LogP contribution >= 0.6 is 0 Å². The molecule has 2 heterocycles. The average molecular weight is 311 g/mol. The van der Waals surface area contributed by atoms with Gasteiger partial charge in [-0.15, -0.1) is 0 Å². The van der Waals surface area contributed by atoms with Crippen molar-refractivity contribution in [3.63, 3.8) is 0 Å². The Balaban J connectivity index is 1.59. The van der Waals surface area contributed by atoms with Gasteiger partial charge in [-0.3, -0.25) is 0 Å². The summed E-state index contributed by atoms with van der Waals surface area (Å²) >= 11 is 0. The molecule has 0 aliphatic carbocycles. The Bertz CT molecular complexity index is 779. The molecule has 1 aromatic carbocycles. The number of aromatic amines is 1. The third-order valence-corrected chi connectivity index (χ3v) is 3.74. The minimum atomic E-state index is 0.185. The molecule has 0 aliphatic rings. The topological polar surface area (TPSA) is 103 Å². The fourth-order valence-electron chi connectivity index (χ4n) is 2.64. The molecule has 0 fully saturated rings. The number of H-pyrrole nitrogens is 1. The summed E-state index contributed by atoms with van der Waals surface area (Å²) in [5.41, 5.74) is 14.6. The van der Waals surface area contributed by atoms with E-state index in [-0.39, 0.29) is 5.95 Å². The zero-order valence-electron chi connectivity index (χ0n) is 13.2. The number of hydrogen-bond acceptors (Lipinski definition) is 5. The van der Waals surface area contributed by atoms with Crippen molar-refractivity contribution < 1.29 is 4.74 Å². The van der Waals surface area contributed by atoms with E-state index >= 15 is 0 Å². The number of fused-ring (bicyclic) bond motifs is 1. The minimum Gasteiger partial charge on any atom is -0.488 e. The smallest absolute Gasteiger partial charge is 0.222 e. The Kier molecular flexibility index (Phi) is 4.32. The lowest BCUT2D eigenvalue weighted by atomic mass is 10.2. The minimum absolute atomic E-state index is 0.185. The lowest BCUT2D eigenvalue weighted by molar-refractivity contribution is 0.307. The molecule has 0 spiro atoms. The third-order valence-electron chi connectivity index (χ3n) is 3.74. The van der Waals surface area contributed by atoms with Crippen molar-refractivity contribution in [2.45, 2.75) is 26.2 Å². The number of benzene rings is 1. The fourth-order valence-corrected chi connectivity index (χ4v) is 2.64. The quantitative estimate of drug-likeness (QED) is 0.607. The van der Waals surface area contributed by atoms with E-state index in [1.165, 1.54) is 11.1 Å². The summed E-state index contributed by atoms with van der Waals surface area (Å²) in [6, 6.07) is 10.4. The van der Waals surface area contributed by atoms with Crippen molar-refractivity contribution in [2.24, 2.45) is 0 Å². The van der Waals surface area contributed by atoms with Crippen LogP contribution < -0.4 is 16.2 Å². The van der Waals surface area contributed by atoms with Gasteiger partial charge in [0.25, 0.3) is 0 Å². The van der Waals surface area contributed by atoms with E-state index in [0.717, 1.165) is 24.1 Å². The Morgan fingerprint density at radius 1 is 1.17 bits per heavy atom. The first-order chi connectivity index (χ1) is 11.2. The molecule has 0 aliphatic heterocycles. The van der Waals surface area contributed by atoms with Crippen molar-refractivity contribution in [2.75, 3.05) is 18.1 Å². The second-order valence-electron chi connectivity index (χ2n) is 5.43. The van der Waals surface area contributed by atoms with E-state index in [2.05, 4.69) is 33.2 Å². The molecule has 120 valence electrons. The van der Waals surface area contributed by atoms with E-state index in [4.69, 9.17) is 16.2 Å². The molecule has 0 unspecified atom stereocenters. The van der Waals surface area contributed by atoms with Gasteiger partial charge in [0.15, 0.2) is 11.6 Å². The second kappa shape index (κ2) is 6.56. The monoisotopic (exact) mass is 311 g/mol. The Labute approximate surface area is 134 Å². The molecular weight excluding hydrogens is 290 g/mol. The molecule has 6 nitrogen and oxygen atoms in total.